The van der Waals surface area contributed by atoms with Gasteiger partial charge in [0.1, 0.15) is 5.75 Å². The van der Waals surface area contributed by atoms with Crippen molar-refractivity contribution >= 4 is 18.0 Å². The topological polar surface area (TPSA) is 84.9 Å². The third kappa shape index (κ3) is 7.63. The number of hydrogen-bond acceptors (Lipinski definition) is 5. The average molecular weight is 453 g/mol. The van der Waals surface area contributed by atoms with Crippen LogP contribution >= 0.6 is 0 Å². The molecule has 0 atom stereocenters. The number of carbonyl (C=O) groups excluding carboxylic acids is 3. The Balaban J connectivity index is 1.38. The smallest absolute Gasteiger partial charge is 0.434 e. The lowest BCUT2D eigenvalue weighted by atomic mass is 9.96. The summed E-state index contributed by atoms with van der Waals surface area (Å²) in [5.41, 5.74) is 2.93. The van der Waals surface area contributed by atoms with Crippen LogP contribution in [0.2, 0.25) is 0 Å². The molecule has 0 saturated carbocycles. The molecule has 176 valence electrons. The van der Waals surface area contributed by atoms with E-state index in [0.717, 1.165) is 19.3 Å². The number of likely N-dealkylation sites (tertiary alicyclic amines) is 1. The van der Waals surface area contributed by atoms with E-state index >= 15 is 0 Å². The second kappa shape index (κ2) is 12.0. The zero-order valence-corrected chi connectivity index (χ0v) is 19.3. The molecule has 0 aliphatic carbocycles. The Morgan fingerprint density at radius 3 is 2.45 bits per heavy atom. The van der Waals surface area contributed by atoms with Crippen molar-refractivity contribution in [3.63, 3.8) is 0 Å². The van der Waals surface area contributed by atoms with Gasteiger partial charge in [-0.3, -0.25) is 9.59 Å². The molecule has 0 radical (unpaired) electrons. The third-order valence-electron chi connectivity index (χ3n) is 5.78. The third-order valence-corrected chi connectivity index (χ3v) is 5.78. The van der Waals surface area contributed by atoms with Gasteiger partial charge in [0, 0.05) is 31.6 Å². The van der Waals surface area contributed by atoms with Gasteiger partial charge in [-0.05, 0) is 68.9 Å². The van der Waals surface area contributed by atoms with Crippen LogP contribution in [0.15, 0.2) is 48.5 Å². The summed E-state index contributed by atoms with van der Waals surface area (Å²) in [6.45, 7) is 5.95. The van der Waals surface area contributed by atoms with Gasteiger partial charge in [0.25, 0.3) is 5.91 Å². The fourth-order valence-corrected chi connectivity index (χ4v) is 3.90. The lowest BCUT2D eigenvalue weighted by molar-refractivity contribution is -0.121. The zero-order valence-electron chi connectivity index (χ0n) is 19.3. The van der Waals surface area contributed by atoms with Crippen LogP contribution in [0.1, 0.15) is 47.7 Å². The number of benzene rings is 2. The molecule has 1 saturated heterocycles. The molecule has 2 aromatic rings. The number of ether oxygens (including phenoxy) is 2. The van der Waals surface area contributed by atoms with Crippen LogP contribution in [0.25, 0.3) is 0 Å². The number of rotatable bonds is 8. The minimum atomic E-state index is -0.763. The number of aryl methyl sites for hydroxylation is 2. The van der Waals surface area contributed by atoms with Crippen molar-refractivity contribution in [2.45, 2.75) is 39.5 Å². The quantitative estimate of drug-likeness (QED) is 0.481. The van der Waals surface area contributed by atoms with Gasteiger partial charge in [-0.25, -0.2) is 4.79 Å². The Morgan fingerprint density at radius 1 is 1.06 bits per heavy atom. The molecule has 0 unspecified atom stereocenters. The Hall–Kier alpha value is -3.35. The van der Waals surface area contributed by atoms with Gasteiger partial charge in [-0.15, -0.1) is 0 Å². The van der Waals surface area contributed by atoms with Crippen molar-refractivity contribution in [2.24, 2.45) is 5.92 Å². The molecule has 7 heteroatoms. The summed E-state index contributed by atoms with van der Waals surface area (Å²) in [6, 6.07) is 14.7. The summed E-state index contributed by atoms with van der Waals surface area (Å²) in [6.07, 6.45) is 2.17. The lowest BCUT2D eigenvalue weighted by Crippen LogP contribution is -2.41. The number of nitrogens with one attached hydrogen (secondary N) is 1. The van der Waals surface area contributed by atoms with Crippen molar-refractivity contribution in [1.82, 2.24) is 10.2 Å². The van der Waals surface area contributed by atoms with Gasteiger partial charge in [-0.2, -0.15) is 0 Å². The van der Waals surface area contributed by atoms with Gasteiger partial charge in [0.05, 0.1) is 6.61 Å². The normalized spacial score (nSPS) is 13.9. The van der Waals surface area contributed by atoms with Crippen LogP contribution in [0.5, 0.6) is 5.75 Å². The number of nitrogens with zero attached hydrogens (tertiary/aromatic N) is 1. The molecular weight excluding hydrogens is 420 g/mol. The minimum absolute atomic E-state index is 0.0432. The van der Waals surface area contributed by atoms with Crippen LogP contribution in [-0.2, 0) is 16.0 Å². The van der Waals surface area contributed by atoms with Gasteiger partial charge in [0.15, 0.2) is 0 Å². The summed E-state index contributed by atoms with van der Waals surface area (Å²) in [5.74, 6) is 0.734. The van der Waals surface area contributed by atoms with E-state index in [0.29, 0.717) is 43.3 Å². The van der Waals surface area contributed by atoms with Crippen LogP contribution in [0, 0.1) is 12.8 Å². The zero-order chi connectivity index (χ0) is 23.6. The molecule has 33 heavy (non-hydrogen) atoms. The molecule has 1 N–H and O–H groups in total. The van der Waals surface area contributed by atoms with Crippen LogP contribution in [0.3, 0.4) is 0 Å². The molecule has 1 fully saturated rings. The average Bonchev–Trinajstić information content (AvgIpc) is 2.82. The molecule has 0 spiro atoms. The Bertz CT molecular complexity index is 949. The van der Waals surface area contributed by atoms with E-state index in [1.54, 1.807) is 31.2 Å². The molecule has 0 bridgehead atoms. The summed E-state index contributed by atoms with van der Waals surface area (Å²) < 4.78 is 9.76. The molecule has 3 rings (SSSR count). The highest BCUT2D eigenvalue weighted by molar-refractivity contribution is 5.94. The summed E-state index contributed by atoms with van der Waals surface area (Å²) in [4.78, 5) is 38.2. The molecule has 1 aliphatic heterocycles. The van der Waals surface area contributed by atoms with E-state index in [4.69, 9.17) is 9.47 Å². The number of carbonyl (C=O) groups is 3. The van der Waals surface area contributed by atoms with Crippen LogP contribution in [-0.4, -0.2) is 49.1 Å². The largest absolute Gasteiger partial charge is 0.513 e. The van der Waals surface area contributed by atoms with E-state index in [1.165, 1.54) is 11.1 Å². The highest BCUT2D eigenvalue weighted by Crippen LogP contribution is 2.20. The van der Waals surface area contributed by atoms with E-state index in [9.17, 15) is 14.4 Å². The Morgan fingerprint density at radius 2 is 1.79 bits per heavy atom. The van der Waals surface area contributed by atoms with Crippen LogP contribution in [0.4, 0.5) is 4.79 Å². The van der Waals surface area contributed by atoms with Gasteiger partial charge in [-0.1, -0.05) is 29.8 Å². The Kier molecular flexibility index (Phi) is 8.87. The molecular formula is C26H32N2O5. The molecule has 1 heterocycles. The predicted molar refractivity (Wildman–Crippen MR) is 125 cm³/mol. The summed E-state index contributed by atoms with van der Waals surface area (Å²) >= 11 is 0. The number of piperidine rings is 1. The van der Waals surface area contributed by atoms with E-state index in [-0.39, 0.29) is 18.4 Å². The van der Waals surface area contributed by atoms with Crippen molar-refractivity contribution in [3.05, 3.63) is 65.2 Å². The highest BCUT2D eigenvalue weighted by Gasteiger charge is 2.24. The highest BCUT2D eigenvalue weighted by atomic mass is 16.7. The van der Waals surface area contributed by atoms with Crippen molar-refractivity contribution < 1.29 is 23.9 Å². The SMILES string of the molecule is CCOC(=O)Oc1ccc(C(=O)N2CCC(CNC(=O)CCc3cccc(C)c3)CC2)cc1. The summed E-state index contributed by atoms with van der Waals surface area (Å²) in [7, 11) is 0. The molecule has 7 nitrogen and oxygen atoms in total. The molecule has 2 amide bonds. The van der Waals surface area contributed by atoms with Crippen molar-refractivity contribution in [3.8, 4) is 5.75 Å². The Labute approximate surface area is 195 Å². The second-order valence-electron chi connectivity index (χ2n) is 8.34. The molecule has 1 aliphatic rings. The fourth-order valence-electron chi connectivity index (χ4n) is 3.90. The summed E-state index contributed by atoms with van der Waals surface area (Å²) in [5, 5.41) is 3.05. The van der Waals surface area contributed by atoms with Gasteiger partial charge in [0.2, 0.25) is 5.91 Å². The van der Waals surface area contributed by atoms with Gasteiger partial charge < -0.3 is 19.7 Å². The maximum atomic E-state index is 12.8. The predicted octanol–water partition coefficient (Wildman–Crippen LogP) is 4.13. The maximum absolute atomic E-state index is 12.8. The first kappa shape index (κ1) is 24.3. The van der Waals surface area contributed by atoms with E-state index in [2.05, 4.69) is 24.4 Å². The maximum Gasteiger partial charge on any atom is 0.513 e. The molecule has 2 aromatic carbocycles. The lowest BCUT2D eigenvalue weighted by Gasteiger charge is -2.32. The number of hydrogen-bond donors (Lipinski definition) is 1. The first-order valence-electron chi connectivity index (χ1n) is 11.5. The van der Waals surface area contributed by atoms with E-state index < -0.39 is 6.16 Å². The standard InChI is InChI=1S/C26H32N2O5/c1-3-32-26(31)33-23-10-8-22(9-11-23)25(30)28-15-13-21(14-16-28)18-27-24(29)12-7-20-6-4-5-19(2)17-20/h4-6,8-11,17,21H,3,7,12-16,18H2,1-2H3,(H,27,29). The minimum Gasteiger partial charge on any atom is -0.434 e. The first-order chi connectivity index (χ1) is 15.9. The van der Waals surface area contributed by atoms with Crippen LogP contribution < -0.4 is 10.1 Å². The number of amides is 2. The monoisotopic (exact) mass is 452 g/mol. The van der Waals surface area contributed by atoms with Crippen molar-refractivity contribution in [1.29, 1.82) is 0 Å². The molecule has 0 aromatic heterocycles. The fraction of sp³-hybridized carbons (Fsp3) is 0.423. The van der Waals surface area contributed by atoms with E-state index in [1.807, 2.05) is 17.0 Å². The second-order valence-corrected chi connectivity index (χ2v) is 8.34. The van der Waals surface area contributed by atoms with Gasteiger partial charge >= 0.3 is 6.16 Å². The first-order valence-corrected chi connectivity index (χ1v) is 11.5. The van der Waals surface area contributed by atoms with Crippen molar-refractivity contribution in [2.75, 3.05) is 26.2 Å².